The maximum absolute atomic E-state index is 12.8. The number of benzene rings is 1. The van der Waals surface area contributed by atoms with Crippen LogP contribution in [0.4, 0.5) is 4.39 Å². The summed E-state index contributed by atoms with van der Waals surface area (Å²) in [6.45, 7) is 1.63. The van der Waals surface area contributed by atoms with Crippen LogP contribution in [-0.4, -0.2) is 17.2 Å². The molecule has 0 aliphatic heterocycles. The molecular formula is C7H7BClFO2. The lowest BCUT2D eigenvalue weighted by atomic mass is 9.77. The van der Waals surface area contributed by atoms with Crippen molar-refractivity contribution in [1.82, 2.24) is 0 Å². The molecule has 0 aliphatic carbocycles. The Hall–Kier alpha value is -0.575. The lowest BCUT2D eigenvalue weighted by Gasteiger charge is -2.04. The number of hydrogen-bond acceptors (Lipinski definition) is 2. The third-order valence-corrected chi connectivity index (χ3v) is 1.88. The molecule has 2 nitrogen and oxygen atoms in total. The zero-order valence-electron chi connectivity index (χ0n) is 6.38. The third-order valence-electron chi connectivity index (χ3n) is 1.59. The van der Waals surface area contributed by atoms with E-state index in [0.717, 1.165) is 6.07 Å². The highest BCUT2D eigenvalue weighted by Gasteiger charge is 2.16. The van der Waals surface area contributed by atoms with Crippen LogP contribution in [0.5, 0.6) is 0 Å². The highest BCUT2D eigenvalue weighted by molar-refractivity contribution is 6.59. The summed E-state index contributed by atoms with van der Waals surface area (Å²) in [5.74, 6) is -0.648. The van der Waals surface area contributed by atoms with Crippen LogP contribution in [0, 0.1) is 12.7 Å². The SMILES string of the molecule is Cc1cc(Cl)c(F)cc1B(O)O. The average molecular weight is 188 g/mol. The van der Waals surface area contributed by atoms with Gasteiger partial charge in [-0.15, -0.1) is 0 Å². The Kier molecular flexibility index (Phi) is 2.72. The van der Waals surface area contributed by atoms with Crippen molar-refractivity contribution in [1.29, 1.82) is 0 Å². The zero-order chi connectivity index (χ0) is 9.30. The van der Waals surface area contributed by atoms with E-state index in [2.05, 4.69) is 0 Å². The van der Waals surface area contributed by atoms with Gasteiger partial charge in [0.05, 0.1) is 5.02 Å². The molecule has 0 saturated carbocycles. The Labute approximate surface area is 74.7 Å². The van der Waals surface area contributed by atoms with Gasteiger partial charge in [-0.1, -0.05) is 11.6 Å². The number of halogens is 2. The van der Waals surface area contributed by atoms with Crippen LogP contribution in [-0.2, 0) is 0 Å². The molecule has 0 heterocycles. The third kappa shape index (κ3) is 1.77. The molecule has 1 aromatic carbocycles. The fourth-order valence-corrected chi connectivity index (χ4v) is 1.16. The van der Waals surface area contributed by atoms with E-state index in [4.69, 9.17) is 21.6 Å². The topological polar surface area (TPSA) is 40.5 Å². The van der Waals surface area contributed by atoms with Crippen molar-refractivity contribution in [3.8, 4) is 0 Å². The molecule has 2 N–H and O–H groups in total. The van der Waals surface area contributed by atoms with Crippen LogP contribution in [0.15, 0.2) is 12.1 Å². The summed E-state index contributed by atoms with van der Waals surface area (Å²) in [6.07, 6.45) is 0. The van der Waals surface area contributed by atoms with Crippen molar-refractivity contribution >= 4 is 24.2 Å². The molecule has 1 aromatic rings. The summed E-state index contributed by atoms with van der Waals surface area (Å²) in [5.41, 5.74) is 0.688. The number of aryl methyl sites for hydroxylation is 1. The fourth-order valence-electron chi connectivity index (χ4n) is 0.940. The minimum Gasteiger partial charge on any atom is -0.423 e. The Bertz CT molecular complexity index is 304. The average Bonchev–Trinajstić information content (AvgIpc) is 1.96. The second-order valence-corrected chi connectivity index (χ2v) is 2.90. The van der Waals surface area contributed by atoms with Crippen LogP contribution < -0.4 is 5.46 Å². The number of hydrogen-bond donors (Lipinski definition) is 2. The molecule has 0 aromatic heterocycles. The van der Waals surface area contributed by atoms with E-state index in [0.29, 0.717) is 5.56 Å². The van der Waals surface area contributed by atoms with Gasteiger partial charge in [0.1, 0.15) is 5.82 Å². The molecule has 64 valence electrons. The second kappa shape index (κ2) is 3.43. The van der Waals surface area contributed by atoms with Crippen molar-refractivity contribution in [3.05, 3.63) is 28.5 Å². The summed E-state index contributed by atoms with van der Waals surface area (Å²) in [6, 6.07) is 2.37. The standard InChI is InChI=1S/C7H7BClFO2/c1-4-2-6(9)7(10)3-5(4)8(11)12/h2-3,11-12H,1H3. The summed E-state index contributed by atoms with van der Waals surface area (Å²) in [5, 5.41) is 17.5. The first-order chi connectivity index (χ1) is 5.52. The zero-order valence-corrected chi connectivity index (χ0v) is 7.14. The van der Waals surface area contributed by atoms with Crippen molar-refractivity contribution in [2.24, 2.45) is 0 Å². The maximum atomic E-state index is 12.8. The van der Waals surface area contributed by atoms with Gasteiger partial charge >= 0.3 is 7.12 Å². The molecule has 0 amide bonds. The first-order valence-electron chi connectivity index (χ1n) is 3.34. The van der Waals surface area contributed by atoms with Gasteiger partial charge in [0, 0.05) is 0 Å². The predicted molar refractivity (Wildman–Crippen MR) is 46.0 cm³/mol. The molecule has 0 unspecified atom stereocenters. The highest BCUT2D eigenvalue weighted by atomic mass is 35.5. The summed E-state index contributed by atoms with van der Waals surface area (Å²) < 4.78 is 12.8. The van der Waals surface area contributed by atoms with E-state index in [1.165, 1.54) is 6.07 Å². The van der Waals surface area contributed by atoms with Crippen LogP contribution in [0.3, 0.4) is 0 Å². The van der Waals surface area contributed by atoms with Gasteiger partial charge in [-0.05, 0) is 30.1 Å². The largest absolute Gasteiger partial charge is 0.488 e. The van der Waals surface area contributed by atoms with E-state index in [9.17, 15) is 4.39 Å². The van der Waals surface area contributed by atoms with Crippen molar-refractivity contribution in [2.75, 3.05) is 0 Å². The minimum absolute atomic E-state index is 0.0168. The lowest BCUT2D eigenvalue weighted by Crippen LogP contribution is -2.32. The van der Waals surface area contributed by atoms with Crippen LogP contribution >= 0.6 is 11.6 Å². The van der Waals surface area contributed by atoms with Crippen LogP contribution in [0.2, 0.25) is 5.02 Å². The van der Waals surface area contributed by atoms with Gasteiger partial charge < -0.3 is 10.0 Å². The normalized spacial score (nSPS) is 10.1. The maximum Gasteiger partial charge on any atom is 0.488 e. The summed E-state index contributed by atoms with van der Waals surface area (Å²) >= 11 is 5.45. The number of rotatable bonds is 1. The Morgan fingerprint density at radius 3 is 2.50 bits per heavy atom. The van der Waals surface area contributed by atoms with Crippen molar-refractivity contribution in [2.45, 2.75) is 6.92 Å². The molecule has 0 saturated heterocycles. The molecule has 0 radical (unpaired) electrons. The van der Waals surface area contributed by atoms with Gasteiger partial charge in [0.25, 0.3) is 0 Å². The van der Waals surface area contributed by atoms with E-state index < -0.39 is 12.9 Å². The molecule has 0 bridgehead atoms. The van der Waals surface area contributed by atoms with Gasteiger partial charge in [-0.3, -0.25) is 0 Å². The monoisotopic (exact) mass is 188 g/mol. The van der Waals surface area contributed by atoms with Gasteiger partial charge in [0.2, 0.25) is 0 Å². The van der Waals surface area contributed by atoms with Crippen LogP contribution in [0.25, 0.3) is 0 Å². The fraction of sp³-hybridized carbons (Fsp3) is 0.143. The van der Waals surface area contributed by atoms with Gasteiger partial charge in [0.15, 0.2) is 0 Å². The predicted octanol–water partition coefficient (Wildman–Crippen LogP) is 0.467. The molecule has 5 heteroatoms. The van der Waals surface area contributed by atoms with E-state index in [-0.39, 0.29) is 10.5 Å². The van der Waals surface area contributed by atoms with Gasteiger partial charge in [-0.2, -0.15) is 0 Å². The molecule has 12 heavy (non-hydrogen) atoms. The summed E-state index contributed by atoms with van der Waals surface area (Å²) in [7, 11) is -1.66. The van der Waals surface area contributed by atoms with Crippen LogP contribution in [0.1, 0.15) is 5.56 Å². The molecule has 0 atom stereocenters. The minimum atomic E-state index is -1.66. The van der Waals surface area contributed by atoms with Gasteiger partial charge in [-0.25, -0.2) is 4.39 Å². The Balaban J connectivity index is 3.23. The van der Waals surface area contributed by atoms with Crippen molar-refractivity contribution in [3.63, 3.8) is 0 Å². The Morgan fingerprint density at radius 2 is 2.00 bits per heavy atom. The molecule has 0 fully saturated rings. The molecular weight excluding hydrogens is 181 g/mol. The van der Waals surface area contributed by atoms with Crippen molar-refractivity contribution < 1.29 is 14.4 Å². The molecule has 0 aliphatic rings. The molecule has 0 spiro atoms. The first-order valence-corrected chi connectivity index (χ1v) is 3.72. The van der Waals surface area contributed by atoms with E-state index >= 15 is 0 Å². The second-order valence-electron chi connectivity index (χ2n) is 2.50. The molecule has 1 rings (SSSR count). The Morgan fingerprint density at radius 1 is 1.42 bits per heavy atom. The van der Waals surface area contributed by atoms with E-state index in [1.807, 2.05) is 0 Å². The highest BCUT2D eigenvalue weighted by Crippen LogP contribution is 2.14. The smallest absolute Gasteiger partial charge is 0.423 e. The summed E-state index contributed by atoms with van der Waals surface area (Å²) in [4.78, 5) is 0. The lowest BCUT2D eigenvalue weighted by molar-refractivity contribution is 0.425. The first kappa shape index (κ1) is 9.51. The quantitative estimate of drug-likeness (QED) is 0.629. The van der Waals surface area contributed by atoms with E-state index in [1.54, 1.807) is 6.92 Å².